The summed E-state index contributed by atoms with van der Waals surface area (Å²) >= 11 is 13.0. The van der Waals surface area contributed by atoms with E-state index in [2.05, 4.69) is 5.32 Å². The van der Waals surface area contributed by atoms with E-state index in [9.17, 15) is 24.5 Å². The van der Waals surface area contributed by atoms with Crippen LogP contribution in [-0.2, 0) is 4.79 Å². The number of carbonyl (C=O) groups excluding carboxylic acids is 3. The minimum Gasteiger partial charge on any atom is -0.409 e. The number of Topliss-reactive ketones (excluding diaryl/α,β-unsaturated/α-hetero) is 1. The summed E-state index contributed by atoms with van der Waals surface area (Å²) in [7, 11) is 0. The van der Waals surface area contributed by atoms with Crippen LogP contribution in [0.4, 0.5) is 16.2 Å². The molecule has 2 aromatic carbocycles. The second kappa shape index (κ2) is 10.7. The predicted octanol–water partition coefficient (Wildman–Crippen LogP) is 6.56. The molecule has 0 radical (unpaired) electrons. The molecule has 3 rings (SSSR count). The van der Waals surface area contributed by atoms with Gasteiger partial charge in [0.2, 0.25) is 0 Å². The Morgan fingerprint density at radius 3 is 2.14 bits per heavy atom. The smallest absolute Gasteiger partial charge is 0.409 e. The van der Waals surface area contributed by atoms with Crippen LogP contribution >= 0.6 is 23.2 Å². The number of carbonyl (C=O) groups is 3. The highest BCUT2D eigenvalue weighted by atomic mass is 35.5. The zero-order valence-electron chi connectivity index (χ0n) is 21.8. The quantitative estimate of drug-likeness (QED) is 0.333. The third kappa shape index (κ3) is 5.02. The van der Waals surface area contributed by atoms with E-state index in [4.69, 9.17) is 27.9 Å². The van der Waals surface area contributed by atoms with Crippen LogP contribution in [0.25, 0.3) is 0 Å². The normalized spacial score (nSPS) is 15.1. The van der Waals surface area contributed by atoms with Gasteiger partial charge in [-0.1, -0.05) is 23.2 Å². The summed E-state index contributed by atoms with van der Waals surface area (Å²) in [6.45, 7) is 11.6. The third-order valence-electron chi connectivity index (χ3n) is 7.15. The summed E-state index contributed by atoms with van der Waals surface area (Å²) in [5.74, 6) is -0.755. The molecule has 2 amide bonds. The van der Waals surface area contributed by atoms with Crippen LogP contribution in [-0.4, -0.2) is 40.2 Å². The number of nitrogens with zero attached hydrogens (tertiary/aromatic N) is 2. The molecule has 0 aromatic heterocycles. The van der Waals surface area contributed by atoms with Crippen LogP contribution in [0.1, 0.15) is 63.5 Å². The maximum absolute atomic E-state index is 13.7. The standard InChI is InChI=1S/C26H29Cl2N3O6/c1-11-14(4)24(37-26(34)30-10-8-9-18(30)17(7)32)19(15(5)20(11)27)25(33)29-22-12(2)13(3)23(31(35)36)16(6)21(22)28/h18H,8-10H2,1-7H3,(H,29,33)/t18-/m0/s1. The van der Waals surface area contributed by atoms with Crippen molar-refractivity contribution in [3.05, 3.63) is 59.1 Å². The molecule has 2 aromatic rings. The summed E-state index contributed by atoms with van der Waals surface area (Å²) in [6, 6.07) is -0.577. The van der Waals surface area contributed by atoms with Crippen molar-refractivity contribution in [1.29, 1.82) is 0 Å². The Balaban J connectivity index is 2.10. The molecule has 198 valence electrons. The molecule has 1 fully saturated rings. The van der Waals surface area contributed by atoms with Gasteiger partial charge in [-0.05, 0) is 83.6 Å². The monoisotopic (exact) mass is 549 g/mol. The number of nitro groups is 1. The van der Waals surface area contributed by atoms with Crippen LogP contribution < -0.4 is 10.1 Å². The summed E-state index contributed by atoms with van der Waals surface area (Å²) in [6.07, 6.45) is 0.486. The third-order valence-corrected chi connectivity index (χ3v) is 8.19. The lowest BCUT2D eigenvalue weighted by molar-refractivity contribution is -0.386. The van der Waals surface area contributed by atoms with Gasteiger partial charge in [0.15, 0.2) is 5.78 Å². The van der Waals surface area contributed by atoms with Crippen molar-refractivity contribution in [3.63, 3.8) is 0 Å². The van der Waals surface area contributed by atoms with Gasteiger partial charge in [0.05, 0.1) is 27.2 Å². The molecule has 0 aliphatic carbocycles. The lowest BCUT2D eigenvalue weighted by atomic mass is 9.97. The first kappa shape index (κ1) is 28.4. The van der Waals surface area contributed by atoms with Crippen LogP contribution in [0, 0.1) is 51.7 Å². The van der Waals surface area contributed by atoms with E-state index in [1.165, 1.54) is 18.7 Å². The number of amides is 2. The highest BCUT2D eigenvalue weighted by Gasteiger charge is 2.35. The molecule has 0 saturated carbocycles. The Kier molecular flexibility index (Phi) is 8.19. The number of rotatable bonds is 5. The van der Waals surface area contributed by atoms with Gasteiger partial charge >= 0.3 is 6.09 Å². The highest BCUT2D eigenvalue weighted by molar-refractivity contribution is 6.36. The number of hydrogen-bond donors (Lipinski definition) is 1. The van der Waals surface area contributed by atoms with Crippen molar-refractivity contribution >= 4 is 52.4 Å². The number of anilines is 1. The first-order chi connectivity index (χ1) is 17.2. The van der Waals surface area contributed by atoms with Crippen molar-refractivity contribution in [2.45, 2.75) is 67.3 Å². The molecule has 1 atom stereocenters. The summed E-state index contributed by atoms with van der Waals surface area (Å²) in [4.78, 5) is 51.2. The molecule has 9 nitrogen and oxygen atoms in total. The Hall–Kier alpha value is -3.17. The van der Waals surface area contributed by atoms with Gasteiger partial charge in [0.25, 0.3) is 11.6 Å². The largest absolute Gasteiger partial charge is 0.415 e. The van der Waals surface area contributed by atoms with Gasteiger partial charge in [-0.3, -0.25) is 24.6 Å². The average molecular weight is 550 g/mol. The summed E-state index contributed by atoms with van der Waals surface area (Å²) < 4.78 is 5.77. The number of nitro benzene ring substituents is 1. The van der Waals surface area contributed by atoms with Gasteiger partial charge in [0, 0.05) is 22.7 Å². The molecular weight excluding hydrogens is 521 g/mol. The van der Waals surface area contributed by atoms with Gasteiger partial charge in [-0.2, -0.15) is 0 Å². The van der Waals surface area contributed by atoms with Crippen molar-refractivity contribution in [2.75, 3.05) is 11.9 Å². The second-order valence-electron chi connectivity index (χ2n) is 9.35. The van der Waals surface area contributed by atoms with E-state index in [1.54, 1.807) is 34.6 Å². The van der Waals surface area contributed by atoms with Gasteiger partial charge < -0.3 is 10.1 Å². The van der Waals surface area contributed by atoms with Gasteiger partial charge in [0.1, 0.15) is 5.75 Å². The lowest BCUT2D eigenvalue weighted by Crippen LogP contribution is -2.41. The number of benzene rings is 2. The molecule has 11 heteroatoms. The minimum atomic E-state index is -0.729. The number of ether oxygens (including phenoxy) is 1. The topological polar surface area (TPSA) is 119 Å². The van der Waals surface area contributed by atoms with Crippen molar-refractivity contribution in [3.8, 4) is 5.75 Å². The van der Waals surface area contributed by atoms with Crippen LogP contribution in [0.5, 0.6) is 5.75 Å². The molecule has 0 unspecified atom stereocenters. The SMILES string of the molecule is CC(=O)[C@@H]1CCCN1C(=O)Oc1c(C)c(C)c(Cl)c(C)c1C(=O)Nc1c(C)c(C)c([N+](=O)[O-])c(C)c1Cl. The first-order valence-corrected chi connectivity index (χ1v) is 12.5. The van der Waals surface area contributed by atoms with E-state index in [0.29, 0.717) is 52.2 Å². The van der Waals surface area contributed by atoms with Gasteiger partial charge in [-0.15, -0.1) is 0 Å². The predicted molar refractivity (Wildman–Crippen MR) is 142 cm³/mol. The Labute approximate surface area is 225 Å². The van der Waals surface area contributed by atoms with Crippen LogP contribution in [0.2, 0.25) is 10.0 Å². The molecule has 1 heterocycles. The van der Waals surface area contributed by atoms with Crippen molar-refractivity contribution in [1.82, 2.24) is 4.90 Å². The molecule has 0 spiro atoms. The van der Waals surface area contributed by atoms with E-state index in [-0.39, 0.29) is 39.1 Å². The number of nitrogens with one attached hydrogen (secondary N) is 1. The van der Waals surface area contributed by atoms with Gasteiger partial charge in [-0.25, -0.2) is 4.79 Å². The number of hydrogen-bond acceptors (Lipinski definition) is 6. The fraction of sp³-hybridized carbons (Fsp3) is 0.423. The Morgan fingerprint density at radius 1 is 0.946 bits per heavy atom. The van der Waals surface area contributed by atoms with Crippen LogP contribution in [0.3, 0.4) is 0 Å². The molecule has 1 saturated heterocycles. The summed E-state index contributed by atoms with van der Waals surface area (Å²) in [5, 5.41) is 14.7. The zero-order valence-corrected chi connectivity index (χ0v) is 23.3. The van der Waals surface area contributed by atoms with Crippen molar-refractivity contribution in [2.24, 2.45) is 0 Å². The van der Waals surface area contributed by atoms with E-state index >= 15 is 0 Å². The maximum atomic E-state index is 13.7. The number of likely N-dealkylation sites (tertiary alicyclic amines) is 1. The average Bonchev–Trinajstić information content (AvgIpc) is 3.33. The molecule has 1 aliphatic heterocycles. The highest BCUT2D eigenvalue weighted by Crippen LogP contribution is 2.41. The molecular formula is C26H29Cl2N3O6. The van der Waals surface area contributed by atoms with E-state index in [0.717, 1.165) is 0 Å². The Morgan fingerprint density at radius 2 is 1.57 bits per heavy atom. The second-order valence-corrected chi connectivity index (χ2v) is 10.1. The molecule has 0 bridgehead atoms. The van der Waals surface area contributed by atoms with E-state index < -0.39 is 23.0 Å². The number of halogens is 2. The fourth-order valence-electron chi connectivity index (χ4n) is 4.74. The fourth-order valence-corrected chi connectivity index (χ4v) is 5.25. The van der Waals surface area contributed by atoms with E-state index in [1.807, 2.05) is 0 Å². The maximum Gasteiger partial charge on any atom is 0.415 e. The molecule has 1 aliphatic rings. The first-order valence-electron chi connectivity index (χ1n) is 11.7. The lowest BCUT2D eigenvalue weighted by Gasteiger charge is -2.25. The number of ketones is 1. The minimum absolute atomic E-state index is 0.0280. The Bertz CT molecular complexity index is 1330. The zero-order chi connectivity index (χ0) is 27.9. The summed E-state index contributed by atoms with van der Waals surface area (Å²) in [5.41, 5.74) is 2.67. The van der Waals surface area contributed by atoms with Crippen molar-refractivity contribution < 1.29 is 24.0 Å². The van der Waals surface area contributed by atoms with Crippen LogP contribution in [0.15, 0.2) is 0 Å². The molecule has 1 N–H and O–H groups in total. The molecule has 37 heavy (non-hydrogen) atoms.